The van der Waals surface area contributed by atoms with Crippen molar-refractivity contribution in [1.29, 1.82) is 0 Å². The first kappa shape index (κ1) is 6.82. The molecule has 0 atom stereocenters. The van der Waals surface area contributed by atoms with Gasteiger partial charge in [-0.1, -0.05) is 15.9 Å². The molecule has 0 aromatic rings. The summed E-state index contributed by atoms with van der Waals surface area (Å²) in [5.74, 6) is 0. The first-order valence-corrected chi connectivity index (χ1v) is 2.53. The standard InChI is InChI=1S/C4H5BrO2/c1-4(5,2-6)3-7/h2-3H,1H3. The van der Waals surface area contributed by atoms with Crippen molar-refractivity contribution in [3.63, 3.8) is 0 Å². The molecule has 0 spiro atoms. The van der Waals surface area contributed by atoms with Crippen molar-refractivity contribution < 1.29 is 9.59 Å². The second kappa shape index (κ2) is 2.21. The molecule has 0 aliphatic carbocycles. The summed E-state index contributed by atoms with van der Waals surface area (Å²) in [6, 6.07) is 0. The molecule has 3 heteroatoms. The predicted molar refractivity (Wildman–Crippen MR) is 29.5 cm³/mol. The molecule has 0 bridgehead atoms. The van der Waals surface area contributed by atoms with Gasteiger partial charge in [0.1, 0.15) is 16.9 Å². The molecule has 0 radical (unpaired) electrons. The van der Waals surface area contributed by atoms with Crippen LogP contribution >= 0.6 is 15.9 Å². The molecule has 40 valence electrons. The maximum atomic E-state index is 9.78. The molecule has 0 heterocycles. The Kier molecular flexibility index (Phi) is 2.15. The van der Waals surface area contributed by atoms with Crippen LogP contribution < -0.4 is 0 Å². The van der Waals surface area contributed by atoms with Gasteiger partial charge in [-0.15, -0.1) is 0 Å². The highest BCUT2D eigenvalue weighted by molar-refractivity contribution is 9.10. The van der Waals surface area contributed by atoms with Gasteiger partial charge >= 0.3 is 0 Å². The summed E-state index contributed by atoms with van der Waals surface area (Å²) in [5.41, 5.74) is 0. The lowest BCUT2D eigenvalue weighted by atomic mass is 10.2. The number of hydrogen-bond donors (Lipinski definition) is 0. The van der Waals surface area contributed by atoms with E-state index in [1.807, 2.05) is 0 Å². The highest BCUT2D eigenvalue weighted by atomic mass is 79.9. The van der Waals surface area contributed by atoms with Crippen molar-refractivity contribution >= 4 is 28.5 Å². The summed E-state index contributed by atoms with van der Waals surface area (Å²) in [6.45, 7) is 1.48. The van der Waals surface area contributed by atoms with E-state index in [9.17, 15) is 9.59 Å². The minimum absolute atomic E-state index is 0.542. The average Bonchev–Trinajstić information content (AvgIpc) is 1.68. The van der Waals surface area contributed by atoms with Crippen LogP contribution in [0.15, 0.2) is 0 Å². The Morgan fingerprint density at radius 3 is 1.71 bits per heavy atom. The molecule has 0 fully saturated rings. The Morgan fingerprint density at radius 1 is 1.43 bits per heavy atom. The van der Waals surface area contributed by atoms with Crippen LogP contribution in [0.1, 0.15) is 6.92 Å². The molecule has 0 aliphatic rings. The van der Waals surface area contributed by atoms with Crippen LogP contribution in [0.25, 0.3) is 0 Å². The third kappa shape index (κ3) is 2.51. The van der Waals surface area contributed by atoms with Crippen molar-refractivity contribution in [2.45, 2.75) is 11.2 Å². The molecular formula is C4H5BrO2. The number of halogens is 1. The Labute approximate surface area is 50.0 Å². The van der Waals surface area contributed by atoms with E-state index in [-0.39, 0.29) is 0 Å². The monoisotopic (exact) mass is 164 g/mol. The van der Waals surface area contributed by atoms with Crippen LogP contribution in [0.5, 0.6) is 0 Å². The molecule has 0 N–H and O–H groups in total. The summed E-state index contributed by atoms with van der Waals surface area (Å²) in [4.78, 5) is 19.6. The highest BCUT2D eigenvalue weighted by Gasteiger charge is 2.15. The number of hydrogen-bond acceptors (Lipinski definition) is 2. The number of alkyl halides is 1. The van der Waals surface area contributed by atoms with Crippen LogP contribution in [-0.4, -0.2) is 16.9 Å². The number of rotatable bonds is 2. The molecule has 0 aromatic carbocycles. The fourth-order valence-corrected chi connectivity index (χ4v) is 0.0278. The number of aldehydes is 2. The van der Waals surface area contributed by atoms with Gasteiger partial charge in [0.15, 0.2) is 0 Å². The normalized spacial score (nSPS) is 10.6. The van der Waals surface area contributed by atoms with E-state index in [0.29, 0.717) is 12.6 Å². The third-order valence-electron chi connectivity index (χ3n) is 0.461. The lowest BCUT2D eigenvalue weighted by molar-refractivity contribution is -0.116. The molecule has 2 nitrogen and oxygen atoms in total. The van der Waals surface area contributed by atoms with Crippen molar-refractivity contribution in [1.82, 2.24) is 0 Å². The summed E-state index contributed by atoms with van der Waals surface area (Å²) >= 11 is 2.84. The van der Waals surface area contributed by atoms with Crippen LogP contribution in [0.3, 0.4) is 0 Å². The topological polar surface area (TPSA) is 34.1 Å². The van der Waals surface area contributed by atoms with Gasteiger partial charge in [-0.2, -0.15) is 0 Å². The van der Waals surface area contributed by atoms with Crippen LogP contribution in [0, 0.1) is 0 Å². The second-order valence-corrected chi connectivity index (χ2v) is 3.10. The molecule has 0 rings (SSSR count). The zero-order chi connectivity index (χ0) is 5.91. The minimum Gasteiger partial charge on any atom is -0.301 e. The average molecular weight is 165 g/mol. The molecule has 0 unspecified atom stereocenters. The Bertz CT molecular complexity index is 77.7. The quantitative estimate of drug-likeness (QED) is 0.340. The summed E-state index contributed by atoms with van der Waals surface area (Å²) in [6.07, 6.45) is 1.08. The van der Waals surface area contributed by atoms with Crippen molar-refractivity contribution in [3.8, 4) is 0 Å². The van der Waals surface area contributed by atoms with E-state index in [2.05, 4.69) is 15.9 Å². The van der Waals surface area contributed by atoms with Gasteiger partial charge in [-0.05, 0) is 6.92 Å². The van der Waals surface area contributed by atoms with Crippen LogP contribution in [-0.2, 0) is 9.59 Å². The van der Waals surface area contributed by atoms with Crippen molar-refractivity contribution in [2.24, 2.45) is 0 Å². The van der Waals surface area contributed by atoms with Gasteiger partial charge < -0.3 is 9.59 Å². The van der Waals surface area contributed by atoms with Gasteiger partial charge in [-0.3, -0.25) is 0 Å². The highest BCUT2D eigenvalue weighted by Crippen LogP contribution is 2.07. The predicted octanol–water partition coefficient (Wildman–Crippen LogP) is 0.538. The molecule has 0 saturated heterocycles. The molecule has 7 heavy (non-hydrogen) atoms. The Morgan fingerprint density at radius 2 is 1.71 bits per heavy atom. The molecular weight excluding hydrogens is 160 g/mol. The van der Waals surface area contributed by atoms with Crippen LogP contribution in [0.4, 0.5) is 0 Å². The van der Waals surface area contributed by atoms with Gasteiger partial charge in [0.2, 0.25) is 0 Å². The van der Waals surface area contributed by atoms with E-state index in [0.717, 1.165) is 0 Å². The van der Waals surface area contributed by atoms with E-state index in [1.54, 1.807) is 0 Å². The largest absolute Gasteiger partial charge is 0.301 e. The number of carbonyl (C=O) groups excluding carboxylic acids is 2. The van der Waals surface area contributed by atoms with Gasteiger partial charge in [0.05, 0.1) is 0 Å². The zero-order valence-electron chi connectivity index (χ0n) is 3.85. The lowest BCUT2D eigenvalue weighted by Crippen LogP contribution is -2.18. The Balaban J connectivity index is 3.82. The van der Waals surface area contributed by atoms with Crippen molar-refractivity contribution in [2.75, 3.05) is 0 Å². The molecule has 0 aromatic heterocycles. The molecule has 0 amide bonds. The summed E-state index contributed by atoms with van der Waals surface area (Å²) in [7, 11) is 0. The molecule has 0 aliphatic heterocycles. The van der Waals surface area contributed by atoms with E-state index in [4.69, 9.17) is 0 Å². The van der Waals surface area contributed by atoms with E-state index < -0.39 is 4.32 Å². The summed E-state index contributed by atoms with van der Waals surface area (Å²) in [5, 5.41) is 0. The maximum absolute atomic E-state index is 9.78. The minimum atomic E-state index is -0.965. The lowest BCUT2D eigenvalue weighted by Gasteiger charge is -1.99. The summed E-state index contributed by atoms with van der Waals surface area (Å²) < 4.78 is -0.965. The number of carbonyl (C=O) groups is 2. The molecule has 0 saturated carbocycles. The van der Waals surface area contributed by atoms with Crippen molar-refractivity contribution in [3.05, 3.63) is 0 Å². The Hall–Kier alpha value is -0.180. The third-order valence-corrected chi connectivity index (χ3v) is 0.835. The van der Waals surface area contributed by atoms with Gasteiger partial charge in [-0.25, -0.2) is 0 Å². The van der Waals surface area contributed by atoms with E-state index in [1.165, 1.54) is 6.92 Å². The fourth-order valence-electron chi connectivity index (χ4n) is 0.0278. The van der Waals surface area contributed by atoms with Gasteiger partial charge in [0, 0.05) is 0 Å². The van der Waals surface area contributed by atoms with Gasteiger partial charge in [0.25, 0.3) is 0 Å². The SMILES string of the molecule is CC(Br)(C=O)C=O. The second-order valence-electron chi connectivity index (χ2n) is 1.39. The first-order valence-electron chi connectivity index (χ1n) is 1.74. The first-order chi connectivity index (χ1) is 3.12. The van der Waals surface area contributed by atoms with Crippen LogP contribution in [0.2, 0.25) is 0 Å². The zero-order valence-corrected chi connectivity index (χ0v) is 5.44. The smallest absolute Gasteiger partial charge is 0.143 e. The maximum Gasteiger partial charge on any atom is 0.143 e. The fraction of sp³-hybridized carbons (Fsp3) is 0.500. The van der Waals surface area contributed by atoms with E-state index >= 15 is 0 Å².